The van der Waals surface area contributed by atoms with Crippen LogP contribution in [-0.2, 0) is 4.79 Å². The maximum atomic E-state index is 12.5. The van der Waals surface area contributed by atoms with Crippen LogP contribution in [0.15, 0.2) is 24.7 Å². The fourth-order valence-corrected chi connectivity index (χ4v) is 8.88. The molecule has 1 saturated heterocycles. The molecule has 0 radical (unpaired) electrons. The highest BCUT2D eigenvalue weighted by atomic mass is 16.2. The van der Waals surface area contributed by atoms with Gasteiger partial charge < -0.3 is 4.90 Å². The summed E-state index contributed by atoms with van der Waals surface area (Å²) in [4.78, 5) is 23.3. The van der Waals surface area contributed by atoms with Crippen molar-refractivity contribution in [2.24, 2.45) is 46.3 Å². The van der Waals surface area contributed by atoms with Gasteiger partial charge in [-0.2, -0.15) is 0 Å². The van der Waals surface area contributed by atoms with Crippen LogP contribution in [0.3, 0.4) is 0 Å². The number of carbonyl (C=O) groups is 1. The molecule has 5 rings (SSSR count). The number of nitrogens with zero attached hydrogens (tertiary/aromatic N) is 3. The minimum absolute atomic E-state index is 0.290. The third-order valence-electron chi connectivity index (χ3n) is 10.4. The van der Waals surface area contributed by atoms with Gasteiger partial charge in [-0.25, -0.2) is 0 Å². The van der Waals surface area contributed by atoms with Crippen molar-refractivity contribution < 1.29 is 4.79 Å². The number of likely N-dealkylation sites (tertiary alicyclic amines) is 1. The van der Waals surface area contributed by atoms with Crippen molar-refractivity contribution in [3.63, 3.8) is 0 Å². The smallest absolute Gasteiger partial charge is 0.222 e. The number of carbonyl (C=O) groups excluding carboxylic acids is 1. The number of amides is 1. The standard InChI is InChI=1S/C27H39N3O/c1-17-14-22-25-18(2)15-23-27(4,11-9-24(31)30(23)5)21(25)8-10-26(22,3)20(17)7-6-19-16-28-12-13-29-19/h6-7,12-13,16-18,20-23,25H,8-11,14-15H2,1-5H3/b7-6-/t17?,18?,20-,21-,22-,23+,25+,26+,27+/m0/s1. The van der Waals surface area contributed by atoms with Crippen molar-refractivity contribution in [2.45, 2.75) is 72.3 Å². The normalized spacial score (nSPS) is 47.2. The fourth-order valence-electron chi connectivity index (χ4n) is 8.88. The predicted octanol–water partition coefficient (Wildman–Crippen LogP) is 5.46. The molecule has 1 aliphatic heterocycles. The van der Waals surface area contributed by atoms with Gasteiger partial charge in [0, 0.05) is 31.9 Å². The molecule has 4 heteroatoms. The zero-order valence-corrected chi connectivity index (χ0v) is 19.9. The van der Waals surface area contributed by atoms with Gasteiger partial charge in [-0.3, -0.25) is 14.8 Å². The van der Waals surface area contributed by atoms with E-state index in [4.69, 9.17) is 0 Å². The van der Waals surface area contributed by atoms with Gasteiger partial charge in [-0.05, 0) is 84.5 Å². The molecule has 0 aromatic carbocycles. The molecule has 3 saturated carbocycles. The molecule has 2 unspecified atom stereocenters. The number of rotatable bonds is 2. The number of hydrogen-bond donors (Lipinski definition) is 0. The Balaban J connectivity index is 1.44. The van der Waals surface area contributed by atoms with Crippen LogP contribution < -0.4 is 0 Å². The van der Waals surface area contributed by atoms with Gasteiger partial charge in [0.15, 0.2) is 0 Å². The highest BCUT2D eigenvalue weighted by molar-refractivity contribution is 5.77. The first-order valence-electron chi connectivity index (χ1n) is 12.5. The lowest BCUT2D eigenvalue weighted by Crippen LogP contribution is -2.63. The second kappa shape index (κ2) is 7.42. The summed E-state index contributed by atoms with van der Waals surface area (Å²) in [5, 5.41) is 0. The van der Waals surface area contributed by atoms with E-state index in [1.807, 2.05) is 6.20 Å². The van der Waals surface area contributed by atoms with Crippen molar-refractivity contribution in [2.75, 3.05) is 7.05 Å². The zero-order valence-electron chi connectivity index (χ0n) is 19.9. The van der Waals surface area contributed by atoms with Gasteiger partial charge in [0.25, 0.3) is 0 Å². The van der Waals surface area contributed by atoms with Gasteiger partial charge in [-0.15, -0.1) is 0 Å². The zero-order chi connectivity index (χ0) is 22.0. The van der Waals surface area contributed by atoms with Gasteiger partial charge in [0.05, 0.1) is 11.9 Å². The summed E-state index contributed by atoms with van der Waals surface area (Å²) >= 11 is 0. The van der Waals surface area contributed by atoms with Crippen LogP contribution >= 0.6 is 0 Å². The van der Waals surface area contributed by atoms with E-state index in [0.29, 0.717) is 35.1 Å². The van der Waals surface area contributed by atoms with Crippen LogP contribution in [0.5, 0.6) is 0 Å². The Morgan fingerprint density at radius 1 is 1.06 bits per heavy atom. The van der Waals surface area contributed by atoms with Crippen molar-refractivity contribution in [3.8, 4) is 0 Å². The number of aromatic nitrogens is 2. The van der Waals surface area contributed by atoms with Crippen molar-refractivity contribution in [1.82, 2.24) is 14.9 Å². The predicted molar refractivity (Wildman–Crippen MR) is 124 cm³/mol. The topological polar surface area (TPSA) is 46.1 Å². The monoisotopic (exact) mass is 421 g/mol. The minimum Gasteiger partial charge on any atom is -0.342 e. The Hall–Kier alpha value is -1.71. The van der Waals surface area contributed by atoms with Gasteiger partial charge >= 0.3 is 0 Å². The molecule has 3 aliphatic carbocycles. The summed E-state index contributed by atoms with van der Waals surface area (Å²) in [6.45, 7) is 10.1. The average Bonchev–Trinajstić information content (AvgIpc) is 3.01. The second-order valence-corrected chi connectivity index (χ2v) is 11.8. The average molecular weight is 422 g/mol. The molecule has 0 N–H and O–H groups in total. The van der Waals surface area contributed by atoms with E-state index in [2.05, 4.69) is 61.8 Å². The van der Waals surface area contributed by atoms with Crippen LogP contribution in [0, 0.1) is 46.3 Å². The molecule has 2 heterocycles. The first-order chi connectivity index (χ1) is 14.8. The molecule has 4 aliphatic rings. The molecule has 1 aromatic rings. The fraction of sp³-hybridized carbons (Fsp3) is 0.741. The maximum absolute atomic E-state index is 12.5. The Kier molecular flexibility index (Phi) is 5.06. The lowest BCUT2D eigenvalue weighted by atomic mass is 9.44. The maximum Gasteiger partial charge on any atom is 0.222 e. The van der Waals surface area contributed by atoms with E-state index in [-0.39, 0.29) is 5.41 Å². The van der Waals surface area contributed by atoms with Gasteiger partial charge in [-0.1, -0.05) is 33.8 Å². The van der Waals surface area contributed by atoms with Crippen LogP contribution in [-0.4, -0.2) is 33.9 Å². The Labute approximate surface area is 187 Å². The van der Waals surface area contributed by atoms with Crippen LogP contribution in [0.1, 0.15) is 71.9 Å². The van der Waals surface area contributed by atoms with Gasteiger partial charge in [0.2, 0.25) is 5.91 Å². The summed E-state index contributed by atoms with van der Waals surface area (Å²) < 4.78 is 0. The van der Waals surface area contributed by atoms with Gasteiger partial charge in [0.1, 0.15) is 0 Å². The molecule has 1 aromatic heterocycles. The summed E-state index contributed by atoms with van der Waals surface area (Å²) in [5.41, 5.74) is 1.62. The summed E-state index contributed by atoms with van der Waals surface area (Å²) in [7, 11) is 2.06. The molecule has 168 valence electrons. The summed E-state index contributed by atoms with van der Waals surface area (Å²) in [5.74, 6) is 4.69. The van der Waals surface area contributed by atoms with Crippen molar-refractivity contribution in [1.29, 1.82) is 0 Å². The molecule has 4 nitrogen and oxygen atoms in total. The number of hydrogen-bond acceptors (Lipinski definition) is 3. The van der Waals surface area contributed by atoms with E-state index < -0.39 is 0 Å². The van der Waals surface area contributed by atoms with E-state index >= 15 is 0 Å². The van der Waals surface area contributed by atoms with Crippen LogP contribution in [0.2, 0.25) is 0 Å². The number of fused-ring (bicyclic) bond motifs is 5. The first kappa shape index (κ1) is 21.2. The van der Waals surface area contributed by atoms with Crippen LogP contribution in [0.25, 0.3) is 6.08 Å². The summed E-state index contributed by atoms with van der Waals surface area (Å²) in [6.07, 6.45) is 17.0. The van der Waals surface area contributed by atoms with Crippen LogP contribution in [0.4, 0.5) is 0 Å². The van der Waals surface area contributed by atoms with E-state index in [0.717, 1.165) is 36.3 Å². The molecule has 1 amide bonds. The highest BCUT2D eigenvalue weighted by Gasteiger charge is 2.63. The Morgan fingerprint density at radius 2 is 1.87 bits per heavy atom. The van der Waals surface area contributed by atoms with E-state index in [1.54, 1.807) is 12.4 Å². The largest absolute Gasteiger partial charge is 0.342 e. The Morgan fingerprint density at radius 3 is 2.61 bits per heavy atom. The number of piperidine rings is 1. The van der Waals surface area contributed by atoms with E-state index in [9.17, 15) is 4.79 Å². The summed E-state index contributed by atoms with van der Waals surface area (Å²) in [6, 6.07) is 0.431. The third-order valence-corrected chi connectivity index (χ3v) is 10.4. The number of allylic oxidation sites excluding steroid dienone is 1. The molecule has 0 bridgehead atoms. The van der Waals surface area contributed by atoms with Crippen molar-refractivity contribution >= 4 is 12.0 Å². The lowest BCUT2D eigenvalue weighted by molar-refractivity contribution is -0.165. The van der Waals surface area contributed by atoms with Crippen molar-refractivity contribution in [3.05, 3.63) is 30.4 Å². The Bertz CT molecular complexity index is 868. The third kappa shape index (κ3) is 3.11. The first-order valence-corrected chi connectivity index (χ1v) is 12.5. The lowest BCUT2D eigenvalue weighted by Gasteiger charge is -2.63. The molecule has 4 fully saturated rings. The van der Waals surface area contributed by atoms with E-state index in [1.165, 1.54) is 25.7 Å². The SMILES string of the molecule is CC1C[C@H]2N(C)C(=O)CC[C@]2(C)[C@H]2CC[C@]3(C)[C@@H](/C=C\c4cnccn4)C(C)C[C@H]3[C@H]12. The molecule has 0 spiro atoms. The molecule has 31 heavy (non-hydrogen) atoms. The highest BCUT2D eigenvalue weighted by Crippen LogP contribution is 2.68. The molecule has 9 atom stereocenters. The minimum atomic E-state index is 0.290. The molecular weight excluding hydrogens is 382 g/mol. The molecular formula is C27H39N3O. The second-order valence-electron chi connectivity index (χ2n) is 11.8. The quantitative estimate of drug-likeness (QED) is 0.637.